The fourth-order valence-electron chi connectivity index (χ4n) is 0.164. The van der Waals surface area contributed by atoms with Gasteiger partial charge in [0, 0.05) is 0 Å². The molecule has 0 nitrogen and oxygen atoms in total. The van der Waals surface area contributed by atoms with Crippen molar-refractivity contribution in [3.05, 3.63) is 6.92 Å². The Balaban J connectivity index is 3.62. The van der Waals surface area contributed by atoms with Crippen LogP contribution in [0.5, 0.6) is 0 Å². The molecule has 8 heavy (non-hydrogen) atoms. The molecule has 0 aliphatic heterocycles. The Labute approximate surface area is 54.3 Å². The Hall–Kier alpha value is 0.309. The zero-order chi connectivity index (χ0) is 6.78. The van der Waals surface area contributed by atoms with Gasteiger partial charge in [-0.3, -0.25) is 0 Å². The van der Waals surface area contributed by atoms with Gasteiger partial charge in [0.1, 0.15) is 0 Å². The van der Waals surface area contributed by atoms with Gasteiger partial charge in [0.2, 0.25) is 0 Å². The molecular formula is C4H6F3Se. The maximum atomic E-state index is 11.4. The minimum absolute atomic E-state index is 0.108. The fourth-order valence-corrected chi connectivity index (χ4v) is 0.164. The van der Waals surface area contributed by atoms with Crippen molar-refractivity contribution in [3.8, 4) is 0 Å². The fraction of sp³-hybridized carbons (Fsp3) is 0.750. The molecule has 0 rings (SSSR count). The second-order valence-corrected chi connectivity index (χ2v) is 2.65. The Morgan fingerprint density at radius 3 is 1.88 bits per heavy atom. The van der Waals surface area contributed by atoms with E-state index in [1.165, 1.54) is 0 Å². The van der Waals surface area contributed by atoms with E-state index in [-0.39, 0.29) is 6.42 Å². The van der Waals surface area contributed by atoms with Crippen LogP contribution >= 0.6 is 0 Å². The number of alkyl halides is 3. The van der Waals surface area contributed by atoms with E-state index >= 15 is 0 Å². The summed E-state index contributed by atoms with van der Waals surface area (Å²) in [5.41, 5.74) is 0. The number of rotatable bonds is 1. The Morgan fingerprint density at radius 2 is 1.88 bits per heavy atom. The molecule has 0 spiro atoms. The van der Waals surface area contributed by atoms with Gasteiger partial charge in [0.05, 0.1) is 0 Å². The van der Waals surface area contributed by atoms with E-state index in [2.05, 4.69) is 6.92 Å². The molecule has 1 radical (unpaired) electrons. The molecule has 4 heteroatoms. The number of hydrogen-bond donors (Lipinski definition) is 0. The first-order chi connectivity index (χ1) is 3.48. The van der Waals surface area contributed by atoms with Crippen LogP contribution in [0.4, 0.5) is 13.2 Å². The average Bonchev–Trinajstić information content (AvgIpc) is 1.62. The van der Waals surface area contributed by atoms with E-state index < -0.39 is 11.0 Å². The van der Waals surface area contributed by atoms with Gasteiger partial charge >= 0.3 is 53.5 Å². The van der Waals surface area contributed by atoms with Crippen LogP contribution in [0.3, 0.4) is 0 Å². The van der Waals surface area contributed by atoms with Crippen molar-refractivity contribution in [2.24, 2.45) is 0 Å². The van der Waals surface area contributed by atoms with Crippen molar-refractivity contribution >= 4 is 16.0 Å². The normalized spacial score (nSPS) is 16.1. The van der Waals surface area contributed by atoms with Crippen LogP contribution in [0.15, 0.2) is 0 Å². The van der Waals surface area contributed by atoms with Crippen molar-refractivity contribution in [1.29, 1.82) is 0 Å². The van der Waals surface area contributed by atoms with E-state index in [1.54, 1.807) is 16.0 Å². The van der Waals surface area contributed by atoms with Gasteiger partial charge in [-0.1, -0.05) is 0 Å². The molecule has 0 saturated heterocycles. The molecule has 0 aliphatic rings. The minimum atomic E-state index is -4.08. The molecular weight excluding hydrogens is 184 g/mol. The van der Waals surface area contributed by atoms with Crippen molar-refractivity contribution in [2.45, 2.75) is 17.4 Å². The van der Waals surface area contributed by atoms with Gasteiger partial charge < -0.3 is 0 Å². The summed E-state index contributed by atoms with van der Waals surface area (Å²) in [6.07, 6.45) is -4.19. The zero-order valence-electron chi connectivity index (χ0n) is 4.07. The molecule has 0 fully saturated rings. The standard InChI is InChI=1S/C4H6F3Se/c1-2-3(8)4(5,6)7/h3,8H,1-2H2. The molecule has 0 aromatic rings. The molecule has 0 aliphatic carbocycles. The second-order valence-electron chi connectivity index (χ2n) is 1.35. The number of halogens is 3. The third-order valence-electron chi connectivity index (χ3n) is 0.651. The van der Waals surface area contributed by atoms with E-state index in [0.717, 1.165) is 0 Å². The van der Waals surface area contributed by atoms with Crippen LogP contribution in [0.25, 0.3) is 0 Å². The first kappa shape index (κ1) is 8.31. The van der Waals surface area contributed by atoms with E-state index in [1.807, 2.05) is 0 Å². The zero-order valence-corrected chi connectivity index (χ0v) is 5.95. The summed E-state index contributed by atoms with van der Waals surface area (Å²) in [7, 11) is 0. The van der Waals surface area contributed by atoms with Gasteiger partial charge in [0.15, 0.2) is 0 Å². The molecule has 0 amide bonds. The van der Waals surface area contributed by atoms with Gasteiger partial charge in [-0.2, -0.15) is 0 Å². The third kappa shape index (κ3) is 2.58. The quantitative estimate of drug-likeness (QED) is 0.549. The summed E-state index contributed by atoms with van der Waals surface area (Å²) in [5.74, 6) is 0. The van der Waals surface area contributed by atoms with Crippen LogP contribution in [0.1, 0.15) is 6.42 Å². The van der Waals surface area contributed by atoms with Crippen molar-refractivity contribution < 1.29 is 13.2 Å². The monoisotopic (exact) mass is 191 g/mol. The summed E-state index contributed by atoms with van der Waals surface area (Å²) in [4.78, 5) is -1.32. The van der Waals surface area contributed by atoms with E-state index in [0.29, 0.717) is 0 Å². The maximum absolute atomic E-state index is 11.4. The molecule has 1 unspecified atom stereocenters. The van der Waals surface area contributed by atoms with Crippen LogP contribution in [0, 0.1) is 6.92 Å². The molecule has 0 bridgehead atoms. The van der Waals surface area contributed by atoms with E-state index in [9.17, 15) is 13.2 Å². The Morgan fingerprint density at radius 1 is 1.50 bits per heavy atom. The first-order valence-corrected chi connectivity index (χ1v) is 3.11. The SMILES string of the molecule is [CH2]CC([SeH])C(F)(F)F. The van der Waals surface area contributed by atoms with Crippen LogP contribution in [-0.4, -0.2) is 22.2 Å². The van der Waals surface area contributed by atoms with Crippen LogP contribution < -0.4 is 0 Å². The molecule has 0 aromatic heterocycles. The van der Waals surface area contributed by atoms with Gasteiger partial charge in [-0.15, -0.1) is 0 Å². The predicted molar refractivity (Wildman–Crippen MR) is 26.9 cm³/mol. The van der Waals surface area contributed by atoms with Crippen LogP contribution in [-0.2, 0) is 0 Å². The average molecular weight is 190 g/mol. The van der Waals surface area contributed by atoms with Gasteiger partial charge in [0.25, 0.3) is 0 Å². The second kappa shape index (κ2) is 2.74. The van der Waals surface area contributed by atoms with Gasteiger partial charge in [-0.25, -0.2) is 0 Å². The Kier molecular flexibility index (Phi) is 2.84. The van der Waals surface area contributed by atoms with Gasteiger partial charge in [-0.05, 0) is 0 Å². The third-order valence-corrected chi connectivity index (χ3v) is 1.81. The van der Waals surface area contributed by atoms with Crippen molar-refractivity contribution in [1.82, 2.24) is 0 Å². The van der Waals surface area contributed by atoms with Crippen molar-refractivity contribution in [2.75, 3.05) is 0 Å². The van der Waals surface area contributed by atoms with Crippen LogP contribution in [0.2, 0.25) is 4.82 Å². The summed E-state index contributed by atoms with van der Waals surface area (Å²) >= 11 is 1.55. The van der Waals surface area contributed by atoms with E-state index in [4.69, 9.17) is 0 Å². The molecule has 1 atom stereocenters. The first-order valence-electron chi connectivity index (χ1n) is 2.02. The molecule has 49 valence electrons. The van der Waals surface area contributed by atoms with Crippen molar-refractivity contribution in [3.63, 3.8) is 0 Å². The number of hydrogen-bond acceptors (Lipinski definition) is 0. The molecule has 0 heterocycles. The molecule has 0 saturated carbocycles. The molecule has 0 N–H and O–H groups in total. The summed E-state index contributed by atoms with van der Waals surface area (Å²) in [6.45, 7) is 3.12. The summed E-state index contributed by atoms with van der Waals surface area (Å²) < 4.78 is 34.2. The summed E-state index contributed by atoms with van der Waals surface area (Å²) in [5, 5.41) is 0. The topological polar surface area (TPSA) is 0 Å². The predicted octanol–water partition coefficient (Wildman–Crippen LogP) is 1.46. The summed E-state index contributed by atoms with van der Waals surface area (Å²) in [6, 6.07) is 0. The Bertz CT molecular complexity index is 68.2. The molecule has 0 aromatic carbocycles.